The van der Waals surface area contributed by atoms with Crippen molar-refractivity contribution in [2.45, 2.75) is 119 Å². The van der Waals surface area contributed by atoms with E-state index in [9.17, 15) is 10.2 Å². The molecule has 0 amide bonds. The lowest BCUT2D eigenvalue weighted by molar-refractivity contribution is 0.232. The molecule has 9 nitrogen and oxygen atoms in total. The Labute approximate surface area is 328 Å². The van der Waals surface area contributed by atoms with Crippen molar-refractivity contribution in [3.8, 4) is 62.9 Å². The fourth-order valence-corrected chi connectivity index (χ4v) is 7.09. The third-order valence-corrected chi connectivity index (χ3v) is 10.9. The van der Waals surface area contributed by atoms with Crippen LogP contribution in [0.1, 0.15) is 111 Å². The van der Waals surface area contributed by atoms with Gasteiger partial charge in [0.05, 0.1) is 31.5 Å². The van der Waals surface area contributed by atoms with Crippen LogP contribution < -0.4 is 14.2 Å². The van der Waals surface area contributed by atoms with Gasteiger partial charge in [-0.2, -0.15) is 0 Å². The summed E-state index contributed by atoms with van der Waals surface area (Å²) in [6.45, 7) is 20.1. The highest BCUT2D eigenvalue weighted by Crippen LogP contribution is 2.42. The second-order valence-electron chi connectivity index (χ2n) is 15.9. The molecule has 0 fully saturated rings. The predicted octanol–water partition coefficient (Wildman–Crippen LogP) is 11.8. The summed E-state index contributed by atoms with van der Waals surface area (Å²) in [7, 11) is 1.67. The van der Waals surface area contributed by atoms with E-state index in [1.54, 1.807) is 19.2 Å². The van der Waals surface area contributed by atoms with Crippen molar-refractivity contribution in [3.63, 3.8) is 0 Å². The summed E-state index contributed by atoms with van der Waals surface area (Å²) in [6, 6.07) is 13.1. The fraction of sp³-hybridized carbons (Fsp3) is 0.500. The van der Waals surface area contributed by atoms with Crippen LogP contribution in [0.3, 0.4) is 0 Å². The van der Waals surface area contributed by atoms with Gasteiger partial charge in [-0.25, -0.2) is 15.0 Å². The van der Waals surface area contributed by atoms with Crippen molar-refractivity contribution < 1.29 is 24.4 Å². The van der Waals surface area contributed by atoms with E-state index < -0.39 is 0 Å². The molecule has 2 heterocycles. The standard InChI is InChI=1S/C46H62N4O5/c1-11-15-17-31(13-3)27-54-41-29(5)39(51)23-20-34(41)43-47-44(35-21-24-40(52)30(6)42(35)55-28-32(14-4)18-16-12-2)49-45(48-43)37-26-50(46(7,8)9)38-22-19-33(53-10)25-36(37)38/h19-26,31-32,51-52H,11-18,27-28H2,1-10H3. The summed E-state index contributed by atoms with van der Waals surface area (Å²) in [6.07, 6.45) is 10.8. The minimum Gasteiger partial charge on any atom is -0.508 e. The Bertz CT molecular complexity index is 1970. The molecule has 0 aliphatic carbocycles. The lowest BCUT2D eigenvalue weighted by Crippen LogP contribution is -2.20. The number of rotatable bonds is 18. The maximum Gasteiger partial charge on any atom is 0.167 e. The summed E-state index contributed by atoms with van der Waals surface area (Å²) in [5.41, 5.74) is 4.18. The summed E-state index contributed by atoms with van der Waals surface area (Å²) in [4.78, 5) is 15.5. The molecule has 2 unspecified atom stereocenters. The number of fused-ring (bicyclic) bond motifs is 1. The molecule has 0 saturated heterocycles. The van der Waals surface area contributed by atoms with Gasteiger partial charge in [0, 0.05) is 39.3 Å². The van der Waals surface area contributed by atoms with Gasteiger partial charge in [-0.15, -0.1) is 0 Å². The van der Waals surface area contributed by atoms with Crippen LogP contribution in [0, 0.1) is 25.7 Å². The molecule has 296 valence electrons. The van der Waals surface area contributed by atoms with E-state index in [0.717, 1.165) is 73.6 Å². The molecule has 55 heavy (non-hydrogen) atoms. The number of unbranched alkanes of at least 4 members (excludes halogenated alkanes) is 2. The normalized spacial score (nSPS) is 12.9. The first-order valence-electron chi connectivity index (χ1n) is 20.2. The monoisotopic (exact) mass is 750 g/mol. The smallest absolute Gasteiger partial charge is 0.167 e. The van der Waals surface area contributed by atoms with E-state index in [-0.39, 0.29) is 17.0 Å². The molecule has 3 aromatic carbocycles. The van der Waals surface area contributed by atoms with Crippen LogP contribution in [0.5, 0.6) is 28.7 Å². The first-order valence-corrected chi connectivity index (χ1v) is 20.2. The van der Waals surface area contributed by atoms with Crippen LogP contribution in [0.15, 0.2) is 48.7 Å². The van der Waals surface area contributed by atoms with Crippen molar-refractivity contribution >= 4 is 10.9 Å². The van der Waals surface area contributed by atoms with Crippen molar-refractivity contribution in [2.75, 3.05) is 20.3 Å². The number of phenolic OH excluding ortho intramolecular Hbond substituents is 2. The Morgan fingerprint density at radius 2 is 1.15 bits per heavy atom. The second-order valence-corrected chi connectivity index (χ2v) is 15.9. The zero-order valence-electron chi connectivity index (χ0n) is 34.8. The predicted molar refractivity (Wildman–Crippen MR) is 224 cm³/mol. The molecule has 2 aromatic heterocycles. The Kier molecular flexibility index (Phi) is 13.7. The third-order valence-electron chi connectivity index (χ3n) is 10.9. The van der Waals surface area contributed by atoms with Crippen LogP contribution in [0.25, 0.3) is 45.1 Å². The van der Waals surface area contributed by atoms with Gasteiger partial charge in [-0.3, -0.25) is 0 Å². The molecule has 0 bridgehead atoms. The Balaban J connectivity index is 1.77. The lowest BCUT2D eigenvalue weighted by Gasteiger charge is -2.22. The van der Waals surface area contributed by atoms with Gasteiger partial charge in [-0.05, 0) is 102 Å². The number of ether oxygens (including phenoxy) is 3. The molecular formula is C46H62N4O5. The largest absolute Gasteiger partial charge is 0.508 e. The van der Waals surface area contributed by atoms with Gasteiger partial charge < -0.3 is 29.0 Å². The Hall–Kier alpha value is -4.79. The van der Waals surface area contributed by atoms with Gasteiger partial charge in [-0.1, -0.05) is 66.2 Å². The number of aromatic nitrogens is 4. The van der Waals surface area contributed by atoms with E-state index in [1.165, 1.54) is 0 Å². The van der Waals surface area contributed by atoms with E-state index in [1.807, 2.05) is 38.1 Å². The Morgan fingerprint density at radius 3 is 1.56 bits per heavy atom. The summed E-state index contributed by atoms with van der Waals surface area (Å²) in [5.74, 6) is 4.17. The van der Waals surface area contributed by atoms with E-state index in [4.69, 9.17) is 29.2 Å². The number of hydrogen-bond acceptors (Lipinski definition) is 8. The summed E-state index contributed by atoms with van der Waals surface area (Å²) in [5, 5.41) is 22.8. The summed E-state index contributed by atoms with van der Waals surface area (Å²) >= 11 is 0. The van der Waals surface area contributed by atoms with Gasteiger partial charge >= 0.3 is 0 Å². The maximum atomic E-state index is 10.9. The average Bonchev–Trinajstić information content (AvgIpc) is 3.57. The molecule has 0 radical (unpaired) electrons. The zero-order valence-corrected chi connectivity index (χ0v) is 34.8. The van der Waals surface area contributed by atoms with Gasteiger partial charge in [0.25, 0.3) is 0 Å². The molecule has 0 aliphatic rings. The summed E-state index contributed by atoms with van der Waals surface area (Å²) < 4.78 is 21.2. The second kappa shape index (κ2) is 18.2. The maximum absolute atomic E-state index is 10.9. The minimum absolute atomic E-state index is 0.147. The van der Waals surface area contributed by atoms with Crippen LogP contribution in [0.4, 0.5) is 0 Å². The molecule has 9 heteroatoms. The van der Waals surface area contributed by atoms with Crippen molar-refractivity contribution in [1.29, 1.82) is 0 Å². The van der Waals surface area contributed by atoms with E-state index >= 15 is 0 Å². The van der Waals surface area contributed by atoms with Crippen LogP contribution >= 0.6 is 0 Å². The SMILES string of the molecule is CCCCC(CC)COc1c(-c2nc(-c3ccc(O)c(C)c3OCC(CC)CCCC)nc(-c3cn(C(C)(C)C)c4ccc(OC)cc34)n2)ccc(O)c1C. The number of methoxy groups -OCH3 is 1. The number of phenols is 2. The highest BCUT2D eigenvalue weighted by atomic mass is 16.5. The van der Waals surface area contributed by atoms with Gasteiger partial charge in [0.1, 0.15) is 28.7 Å². The lowest BCUT2D eigenvalue weighted by atomic mass is 10.00. The molecular weight excluding hydrogens is 689 g/mol. The number of nitrogens with zero attached hydrogens (tertiary/aromatic N) is 4. The van der Waals surface area contributed by atoms with Gasteiger partial charge in [0.2, 0.25) is 0 Å². The quantitative estimate of drug-likeness (QED) is 0.0910. The molecule has 0 aliphatic heterocycles. The highest BCUT2D eigenvalue weighted by Gasteiger charge is 2.26. The first kappa shape index (κ1) is 41.4. The number of aromatic hydroxyl groups is 2. The van der Waals surface area contributed by atoms with Gasteiger partial charge in [0.15, 0.2) is 17.5 Å². The fourth-order valence-electron chi connectivity index (χ4n) is 7.09. The van der Waals surface area contributed by atoms with Crippen molar-refractivity contribution in [1.82, 2.24) is 19.5 Å². The first-order chi connectivity index (χ1) is 26.3. The van der Waals surface area contributed by atoms with E-state index in [2.05, 4.69) is 65.3 Å². The number of benzene rings is 3. The zero-order chi connectivity index (χ0) is 39.9. The van der Waals surface area contributed by atoms with Crippen molar-refractivity contribution in [2.24, 2.45) is 11.8 Å². The highest BCUT2D eigenvalue weighted by molar-refractivity contribution is 5.96. The molecule has 2 N–H and O–H groups in total. The molecule has 0 spiro atoms. The molecule has 0 saturated carbocycles. The molecule has 5 rings (SSSR count). The van der Waals surface area contributed by atoms with Crippen LogP contribution in [-0.4, -0.2) is 50.1 Å². The average molecular weight is 751 g/mol. The minimum atomic E-state index is -0.241. The molecule has 5 aromatic rings. The third kappa shape index (κ3) is 9.37. The molecule has 2 atom stereocenters. The van der Waals surface area contributed by atoms with Crippen LogP contribution in [0.2, 0.25) is 0 Å². The van der Waals surface area contributed by atoms with E-state index in [0.29, 0.717) is 76.3 Å². The van der Waals surface area contributed by atoms with Crippen LogP contribution in [-0.2, 0) is 5.54 Å². The topological polar surface area (TPSA) is 112 Å². The Morgan fingerprint density at radius 1 is 0.673 bits per heavy atom. The van der Waals surface area contributed by atoms with Crippen molar-refractivity contribution in [3.05, 3.63) is 59.8 Å². The number of hydrogen-bond donors (Lipinski definition) is 2.